The molecule has 2 aromatic carbocycles. The molecule has 1 aliphatic heterocycles. The highest BCUT2D eigenvalue weighted by Crippen LogP contribution is 2.39. The van der Waals surface area contributed by atoms with Crippen LogP contribution in [0.2, 0.25) is 0 Å². The number of esters is 1. The van der Waals surface area contributed by atoms with Gasteiger partial charge in [0.15, 0.2) is 11.6 Å². The molecule has 2 aromatic rings. The standard InChI is InChI=1S/C22H20F3NO3/c1-3-19-21(22(28)29-2)16(14-5-4-6-15(23)10-14)11-20(27)26(19)12-13-7-8-17(24)18(25)9-13/h4-10,16H,3,11-12H2,1-2H3. The van der Waals surface area contributed by atoms with E-state index in [2.05, 4.69) is 0 Å². The van der Waals surface area contributed by atoms with Gasteiger partial charge in [-0.3, -0.25) is 4.79 Å². The van der Waals surface area contributed by atoms with Crippen molar-refractivity contribution in [2.45, 2.75) is 32.2 Å². The quantitative estimate of drug-likeness (QED) is 0.693. The second kappa shape index (κ2) is 8.51. The Morgan fingerprint density at radius 1 is 1.14 bits per heavy atom. The van der Waals surface area contributed by atoms with Gasteiger partial charge in [-0.05, 0) is 41.8 Å². The van der Waals surface area contributed by atoms with Crippen LogP contribution < -0.4 is 0 Å². The number of carbonyl (C=O) groups excluding carboxylic acids is 2. The van der Waals surface area contributed by atoms with E-state index in [0.29, 0.717) is 23.2 Å². The molecule has 1 amide bonds. The number of amides is 1. The summed E-state index contributed by atoms with van der Waals surface area (Å²) in [5.41, 5.74) is 1.57. The lowest BCUT2D eigenvalue weighted by Gasteiger charge is -2.35. The lowest BCUT2D eigenvalue weighted by atomic mass is 9.82. The molecule has 3 rings (SSSR count). The fourth-order valence-electron chi connectivity index (χ4n) is 3.65. The first-order valence-corrected chi connectivity index (χ1v) is 9.16. The molecule has 1 atom stereocenters. The topological polar surface area (TPSA) is 46.6 Å². The maximum absolute atomic E-state index is 13.7. The molecule has 0 aromatic heterocycles. The molecule has 0 N–H and O–H groups in total. The van der Waals surface area contributed by atoms with Crippen LogP contribution in [0.25, 0.3) is 0 Å². The highest BCUT2D eigenvalue weighted by atomic mass is 19.2. The molecule has 0 fully saturated rings. The molecule has 0 aliphatic carbocycles. The Balaban J connectivity index is 2.08. The van der Waals surface area contributed by atoms with E-state index < -0.39 is 29.3 Å². The fourth-order valence-corrected chi connectivity index (χ4v) is 3.65. The number of hydrogen-bond acceptors (Lipinski definition) is 3. The minimum atomic E-state index is -1.01. The third-order valence-corrected chi connectivity index (χ3v) is 4.98. The molecule has 0 saturated heterocycles. The average molecular weight is 403 g/mol. The Morgan fingerprint density at radius 3 is 2.52 bits per heavy atom. The van der Waals surface area contributed by atoms with E-state index in [1.807, 2.05) is 0 Å². The summed E-state index contributed by atoms with van der Waals surface area (Å²) in [5, 5.41) is 0. The third kappa shape index (κ3) is 4.18. The van der Waals surface area contributed by atoms with Gasteiger partial charge in [0.2, 0.25) is 5.91 Å². The largest absolute Gasteiger partial charge is 0.466 e. The summed E-state index contributed by atoms with van der Waals surface area (Å²) in [6.45, 7) is 1.76. The number of methoxy groups -OCH3 is 1. The van der Waals surface area contributed by atoms with Gasteiger partial charge in [-0.2, -0.15) is 0 Å². The summed E-state index contributed by atoms with van der Waals surface area (Å²) in [4.78, 5) is 26.9. The summed E-state index contributed by atoms with van der Waals surface area (Å²) in [7, 11) is 1.24. The van der Waals surface area contributed by atoms with E-state index in [1.54, 1.807) is 13.0 Å². The van der Waals surface area contributed by atoms with Gasteiger partial charge in [0.1, 0.15) is 5.82 Å². The van der Waals surface area contributed by atoms with Crippen LogP contribution in [0.15, 0.2) is 53.7 Å². The normalized spacial score (nSPS) is 16.9. The first kappa shape index (κ1) is 20.6. The van der Waals surface area contributed by atoms with E-state index in [9.17, 15) is 22.8 Å². The second-order valence-electron chi connectivity index (χ2n) is 6.75. The minimum absolute atomic E-state index is 0.0183. The van der Waals surface area contributed by atoms with Crippen LogP contribution in [0.4, 0.5) is 13.2 Å². The van der Waals surface area contributed by atoms with Crippen molar-refractivity contribution >= 4 is 11.9 Å². The van der Waals surface area contributed by atoms with Crippen LogP contribution in [0, 0.1) is 17.5 Å². The summed E-state index contributed by atoms with van der Waals surface area (Å²) in [6, 6.07) is 9.14. The number of halogens is 3. The van der Waals surface area contributed by atoms with E-state index >= 15 is 0 Å². The third-order valence-electron chi connectivity index (χ3n) is 4.98. The van der Waals surface area contributed by atoms with E-state index in [-0.39, 0.29) is 24.4 Å². The Labute approximate surface area is 166 Å². The lowest BCUT2D eigenvalue weighted by Crippen LogP contribution is -2.38. The molecule has 7 heteroatoms. The first-order valence-electron chi connectivity index (χ1n) is 9.16. The van der Waals surface area contributed by atoms with Crippen molar-refractivity contribution in [3.8, 4) is 0 Å². The average Bonchev–Trinajstić information content (AvgIpc) is 2.71. The van der Waals surface area contributed by atoms with Gasteiger partial charge in [-0.25, -0.2) is 18.0 Å². The molecule has 0 saturated carbocycles. The van der Waals surface area contributed by atoms with Crippen molar-refractivity contribution in [3.05, 3.63) is 82.3 Å². The van der Waals surface area contributed by atoms with Crippen molar-refractivity contribution in [2.24, 2.45) is 0 Å². The lowest BCUT2D eigenvalue weighted by molar-refractivity contribution is -0.138. The molecule has 4 nitrogen and oxygen atoms in total. The van der Waals surface area contributed by atoms with Crippen LogP contribution in [-0.4, -0.2) is 23.9 Å². The van der Waals surface area contributed by atoms with Gasteiger partial charge in [-0.15, -0.1) is 0 Å². The molecule has 1 unspecified atom stereocenters. The van der Waals surface area contributed by atoms with Gasteiger partial charge in [0, 0.05) is 18.0 Å². The van der Waals surface area contributed by atoms with Crippen LogP contribution in [0.3, 0.4) is 0 Å². The molecular formula is C22H20F3NO3. The number of carbonyl (C=O) groups is 2. The predicted molar refractivity (Wildman–Crippen MR) is 100.0 cm³/mol. The summed E-state index contributed by atoms with van der Waals surface area (Å²) in [5.74, 6) is -4.03. The van der Waals surface area contributed by atoms with Crippen molar-refractivity contribution in [1.82, 2.24) is 4.90 Å². The summed E-state index contributed by atoms with van der Waals surface area (Å²) < 4.78 is 45.5. The Bertz CT molecular complexity index is 987. The van der Waals surface area contributed by atoms with Crippen LogP contribution in [0.5, 0.6) is 0 Å². The maximum Gasteiger partial charge on any atom is 0.336 e. The summed E-state index contributed by atoms with van der Waals surface area (Å²) >= 11 is 0. The Morgan fingerprint density at radius 2 is 1.90 bits per heavy atom. The molecule has 0 spiro atoms. The van der Waals surface area contributed by atoms with E-state index in [0.717, 1.165) is 12.1 Å². The van der Waals surface area contributed by atoms with E-state index in [4.69, 9.17) is 4.74 Å². The number of allylic oxidation sites excluding steroid dienone is 1. The van der Waals surface area contributed by atoms with Crippen molar-refractivity contribution < 1.29 is 27.5 Å². The first-order chi connectivity index (χ1) is 13.8. The predicted octanol–water partition coefficient (Wildman–Crippen LogP) is 4.46. The van der Waals surface area contributed by atoms with Gasteiger partial charge in [0.05, 0.1) is 19.2 Å². The molecule has 1 aliphatic rings. The number of ether oxygens (including phenoxy) is 1. The van der Waals surface area contributed by atoms with Gasteiger partial charge in [0.25, 0.3) is 0 Å². The zero-order valence-corrected chi connectivity index (χ0v) is 16.0. The van der Waals surface area contributed by atoms with E-state index in [1.165, 1.54) is 36.3 Å². The highest BCUT2D eigenvalue weighted by Gasteiger charge is 2.37. The second-order valence-corrected chi connectivity index (χ2v) is 6.75. The van der Waals surface area contributed by atoms with Crippen LogP contribution in [0.1, 0.15) is 36.8 Å². The smallest absolute Gasteiger partial charge is 0.336 e. The molecule has 1 heterocycles. The summed E-state index contributed by atoms with van der Waals surface area (Å²) in [6.07, 6.45) is 0.257. The monoisotopic (exact) mass is 403 g/mol. The Hall–Kier alpha value is -3.09. The van der Waals surface area contributed by atoms with Gasteiger partial charge < -0.3 is 9.64 Å². The van der Waals surface area contributed by atoms with Crippen molar-refractivity contribution in [2.75, 3.05) is 7.11 Å². The minimum Gasteiger partial charge on any atom is -0.466 e. The van der Waals surface area contributed by atoms with Gasteiger partial charge >= 0.3 is 5.97 Å². The molecular weight excluding hydrogens is 383 g/mol. The molecule has 152 valence electrons. The molecule has 29 heavy (non-hydrogen) atoms. The number of hydrogen-bond donors (Lipinski definition) is 0. The number of benzene rings is 2. The SMILES string of the molecule is CCC1=C(C(=O)OC)C(c2cccc(F)c2)CC(=O)N1Cc1ccc(F)c(F)c1. The van der Waals surface area contributed by atoms with Gasteiger partial charge in [-0.1, -0.05) is 25.1 Å². The zero-order valence-electron chi connectivity index (χ0n) is 16.0. The Kier molecular flexibility index (Phi) is 6.06. The number of rotatable bonds is 5. The zero-order chi connectivity index (χ0) is 21.1. The maximum atomic E-state index is 13.7. The van der Waals surface area contributed by atoms with Crippen molar-refractivity contribution in [3.63, 3.8) is 0 Å². The van der Waals surface area contributed by atoms with Crippen molar-refractivity contribution in [1.29, 1.82) is 0 Å². The molecule has 0 radical (unpaired) electrons. The molecule has 0 bridgehead atoms. The number of nitrogens with zero attached hydrogens (tertiary/aromatic N) is 1. The highest BCUT2D eigenvalue weighted by molar-refractivity contribution is 5.95. The fraction of sp³-hybridized carbons (Fsp3) is 0.273. The van der Waals surface area contributed by atoms with Crippen LogP contribution >= 0.6 is 0 Å². The van der Waals surface area contributed by atoms with Crippen LogP contribution in [-0.2, 0) is 20.9 Å².